The van der Waals surface area contributed by atoms with Crippen LogP contribution >= 0.6 is 0 Å². The van der Waals surface area contributed by atoms with Crippen LogP contribution in [0.2, 0.25) is 0 Å². The van der Waals surface area contributed by atoms with Gasteiger partial charge in [-0.1, -0.05) is 12.8 Å². The molecular formula is C16H17N3O2. The monoisotopic (exact) mass is 283 g/mol. The second kappa shape index (κ2) is 5.91. The lowest BCUT2D eigenvalue weighted by Gasteiger charge is -2.10. The fourth-order valence-electron chi connectivity index (χ4n) is 2.75. The van der Waals surface area contributed by atoms with Crippen molar-refractivity contribution in [2.45, 2.75) is 31.7 Å². The Bertz CT molecular complexity index is 652. The highest BCUT2D eigenvalue weighted by atomic mass is 16.6. The van der Waals surface area contributed by atoms with Crippen molar-refractivity contribution < 1.29 is 4.92 Å². The normalized spacial score (nSPS) is 15.8. The fraction of sp³-hybridized carbons (Fsp3) is 0.312. The first-order chi connectivity index (χ1) is 10.2. The number of rotatable bonds is 4. The molecule has 1 heterocycles. The van der Waals surface area contributed by atoms with Crippen LogP contribution in [0.4, 0.5) is 11.4 Å². The molecule has 1 aliphatic rings. The van der Waals surface area contributed by atoms with E-state index in [0.717, 1.165) is 5.56 Å². The van der Waals surface area contributed by atoms with Crippen LogP contribution in [0.5, 0.6) is 0 Å². The van der Waals surface area contributed by atoms with Crippen LogP contribution in [0, 0.1) is 10.1 Å². The van der Waals surface area contributed by atoms with E-state index in [2.05, 4.69) is 22.0 Å². The maximum absolute atomic E-state index is 10.6. The number of aromatic nitrogens is 1. The molecule has 0 unspecified atom stereocenters. The summed E-state index contributed by atoms with van der Waals surface area (Å²) in [6, 6.07) is 8.93. The summed E-state index contributed by atoms with van der Waals surface area (Å²) in [6.07, 6.45) is 11.2. The topological polar surface area (TPSA) is 60.4 Å². The molecule has 3 rings (SSSR count). The molecule has 0 saturated heterocycles. The SMILES string of the molecule is O=[N+]([O-])c1ccc(N=Cc2ccn(C3CCCC3)c2)cc1. The van der Waals surface area contributed by atoms with E-state index in [4.69, 9.17) is 0 Å². The molecule has 5 nitrogen and oxygen atoms in total. The Morgan fingerprint density at radius 3 is 2.57 bits per heavy atom. The van der Waals surface area contributed by atoms with Gasteiger partial charge in [-0.3, -0.25) is 15.1 Å². The van der Waals surface area contributed by atoms with Crippen molar-refractivity contribution in [3.63, 3.8) is 0 Å². The Morgan fingerprint density at radius 1 is 1.19 bits per heavy atom. The molecule has 1 aliphatic carbocycles. The minimum absolute atomic E-state index is 0.0846. The molecule has 5 heteroatoms. The molecule has 0 N–H and O–H groups in total. The van der Waals surface area contributed by atoms with Crippen LogP contribution in [-0.4, -0.2) is 15.7 Å². The molecule has 0 atom stereocenters. The minimum atomic E-state index is -0.408. The largest absolute Gasteiger partial charge is 0.351 e. The van der Waals surface area contributed by atoms with Crippen molar-refractivity contribution in [3.8, 4) is 0 Å². The summed E-state index contributed by atoms with van der Waals surface area (Å²) in [4.78, 5) is 14.5. The molecule has 0 radical (unpaired) electrons. The molecule has 0 aliphatic heterocycles. The van der Waals surface area contributed by atoms with Gasteiger partial charge in [0, 0.05) is 42.3 Å². The highest BCUT2D eigenvalue weighted by Gasteiger charge is 2.15. The summed E-state index contributed by atoms with van der Waals surface area (Å²) in [7, 11) is 0. The minimum Gasteiger partial charge on any atom is -0.351 e. The number of hydrogen-bond donors (Lipinski definition) is 0. The van der Waals surface area contributed by atoms with E-state index in [1.54, 1.807) is 18.3 Å². The maximum atomic E-state index is 10.6. The molecule has 0 amide bonds. The van der Waals surface area contributed by atoms with Gasteiger partial charge >= 0.3 is 0 Å². The highest BCUT2D eigenvalue weighted by Crippen LogP contribution is 2.29. The summed E-state index contributed by atoms with van der Waals surface area (Å²) < 4.78 is 2.27. The van der Waals surface area contributed by atoms with E-state index < -0.39 is 4.92 Å². The van der Waals surface area contributed by atoms with Crippen LogP contribution < -0.4 is 0 Å². The number of aliphatic imine (C=N–C) groups is 1. The number of nitrogens with zero attached hydrogens (tertiary/aromatic N) is 3. The molecule has 1 aromatic heterocycles. The van der Waals surface area contributed by atoms with Crippen LogP contribution in [0.15, 0.2) is 47.7 Å². The Kier molecular flexibility index (Phi) is 3.81. The smallest absolute Gasteiger partial charge is 0.269 e. The third-order valence-corrected chi connectivity index (χ3v) is 3.91. The first kappa shape index (κ1) is 13.5. The van der Waals surface area contributed by atoms with Gasteiger partial charge in [0.25, 0.3) is 5.69 Å². The quantitative estimate of drug-likeness (QED) is 0.478. The summed E-state index contributed by atoms with van der Waals surface area (Å²) in [5.74, 6) is 0. The lowest BCUT2D eigenvalue weighted by molar-refractivity contribution is -0.384. The third-order valence-electron chi connectivity index (χ3n) is 3.91. The van der Waals surface area contributed by atoms with Gasteiger partial charge < -0.3 is 4.57 Å². The average molecular weight is 283 g/mol. The number of non-ortho nitro benzene ring substituents is 1. The molecule has 21 heavy (non-hydrogen) atoms. The van der Waals surface area contributed by atoms with Crippen molar-refractivity contribution >= 4 is 17.6 Å². The van der Waals surface area contributed by atoms with Crippen molar-refractivity contribution in [1.82, 2.24) is 4.57 Å². The lowest BCUT2D eigenvalue weighted by Crippen LogP contribution is -2.00. The Morgan fingerprint density at radius 2 is 1.90 bits per heavy atom. The molecular weight excluding hydrogens is 266 g/mol. The van der Waals surface area contributed by atoms with E-state index in [1.165, 1.54) is 37.8 Å². The standard InChI is InChI=1S/C16H17N3O2/c20-19(21)16-7-5-14(6-8-16)17-11-13-9-10-18(12-13)15-3-1-2-4-15/h5-12,15H,1-4H2. The summed E-state index contributed by atoms with van der Waals surface area (Å²) in [5, 5.41) is 10.6. The number of nitro groups is 1. The van der Waals surface area contributed by atoms with Gasteiger partial charge in [-0.05, 0) is 31.0 Å². The summed E-state index contributed by atoms with van der Waals surface area (Å²) in [6.45, 7) is 0. The first-order valence-corrected chi connectivity index (χ1v) is 7.18. The van der Waals surface area contributed by atoms with Gasteiger partial charge in [-0.25, -0.2) is 0 Å². The molecule has 1 fully saturated rings. The fourth-order valence-corrected chi connectivity index (χ4v) is 2.75. The average Bonchev–Trinajstić information content (AvgIpc) is 3.16. The van der Waals surface area contributed by atoms with Crippen LogP contribution in [0.3, 0.4) is 0 Å². The molecule has 1 aromatic carbocycles. The third kappa shape index (κ3) is 3.18. The van der Waals surface area contributed by atoms with E-state index >= 15 is 0 Å². The van der Waals surface area contributed by atoms with Crippen molar-refractivity contribution in [1.29, 1.82) is 0 Å². The Hall–Kier alpha value is -2.43. The maximum Gasteiger partial charge on any atom is 0.269 e. The Balaban J connectivity index is 1.69. The number of nitro benzene ring substituents is 1. The number of hydrogen-bond acceptors (Lipinski definition) is 3. The van der Waals surface area contributed by atoms with Crippen molar-refractivity contribution in [2.75, 3.05) is 0 Å². The highest BCUT2D eigenvalue weighted by molar-refractivity contribution is 5.81. The van der Waals surface area contributed by atoms with Gasteiger partial charge in [-0.15, -0.1) is 0 Å². The van der Waals surface area contributed by atoms with E-state index in [1.807, 2.05) is 6.07 Å². The van der Waals surface area contributed by atoms with Gasteiger partial charge in [0.2, 0.25) is 0 Å². The van der Waals surface area contributed by atoms with Gasteiger partial charge in [0.15, 0.2) is 0 Å². The van der Waals surface area contributed by atoms with Crippen LogP contribution in [0.1, 0.15) is 37.3 Å². The zero-order chi connectivity index (χ0) is 14.7. The molecule has 108 valence electrons. The van der Waals surface area contributed by atoms with E-state index in [0.29, 0.717) is 11.7 Å². The van der Waals surface area contributed by atoms with Crippen molar-refractivity contribution in [2.24, 2.45) is 4.99 Å². The molecule has 2 aromatic rings. The van der Waals surface area contributed by atoms with Gasteiger partial charge in [0.1, 0.15) is 0 Å². The van der Waals surface area contributed by atoms with Gasteiger partial charge in [-0.2, -0.15) is 0 Å². The van der Waals surface area contributed by atoms with Gasteiger partial charge in [0.05, 0.1) is 10.6 Å². The summed E-state index contributed by atoms with van der Waals surface area (Å²) in [5.41, 5.74) is 1.86. The first-order valence-electron chi connectivity index (χ1n) is 7.18. The summed E-state index contributed by atoms with van der Waals surface area (Å²) >= 11 is 0. The Labute approximate surface area is 123 Å². The number of benzene rings is 1. The van der Waals surface area contributed by atoms with Crippen LogP contribution in [-0.2, 0) is 0 Å². The second-order valence-corrected chi connectivity index (χ2v) is 5.36. The van der Waals surface area contributed by atoms with Crippen LogP contribution in [0.25, 0.3) is 0 Å². The van der Waals surface area contributed by atoms with Crippen molar-refractivity contribution in [3.05, 3.63) is 58.4 Å². The van der Waals surface area contributed by atoms with E-state index in [-0.39, 0.29) is 5.69 Å². The van der Waals surface area contributed by atoms with E-state index in [9.17, 15) is 10.1 Å². The second-order valence-electron chi connectivity index (χ2n) is 5.36. The lowest BCUT2D eigenvalue weighted by atomic mass is 10.2. The molecule has 0 spiro atoms. The predicted molar refractivity (Wildman–Crippen MR) is 82.3 cm³/mol. The zero-order valence-corrected chi connectivity index (χ0v) is 11.7. The molecule has 1 saturated carbocycles. The zero-order valence-electron chi connectivity index (χ0n) is 11.7. The molecule has 0 bridgehead atoms. The predicted octanol–water partition coefficient (Wildman–Crippen LogP) is 4.26.